The molecule has 0 unspecified atom stereocenters. The number of carbonyl (C=O) groups excluding carboxylic acids is 1. The Balaban J connectivity index is 2.17. The van der Waals surface area contributed by atoms with Crippen LogP contribution in [0, 0.1) is 6.92 Å². The Labute approximate surface area is 135 Å². The maximum absolute atomic E-state index is 12.8. The third kappa shape index (κ3) is 3.34. The smallest absolute Gasteiger partial charge is 0.346 e. The second kappa shape index (κ2) is 6.23. The molecule has 1 N–H and O–H groups in total. The molecule has 2 aromatic heterocycles. The van der Waals surface area contributed by atoms with E-state index >= 15 is 0 Å². The maximum atomic E-state index is 12.8. The zero-order chi connectivity index (χ0) is 17.4. The van der Waals surface area contributed by atoms with Gasteiger partial charge in [0.05, 0.1) is 6.20 Å². The molecule has 23 heavy (non-hydrogen) atoms. The number of nitrogens with one attached hydrogen (secondary N) is 1. The van der Waals surface area contributed by atoms with E-state index in [9.17, 15) is 18.0 Å². The standard InChI is InChI=1S/C13H15ClF3N5O/c1-4-22-7(2)8(6-19-22)5-18-12(23)10-9(14)11(13(15,16)17)21(3)20-10/h6H,4-5H2,1-3H3,(H,18,23). The highest BCUT2D eigenvalue weighted by Crippen LogP contribution is 2.35. The average molecular weight is 350 g/mol. The number of rotatable bonds is 4. The van der Waals surface area contributed by atoms with Gasteiger partial charge in [-0.25, -0.2) is 0 Å². The zero-order valence-corrected chi connectivity index (χ0v) is 13.5. The van der Waals surface area contributed by atoms with Crippen LogP contribution < -0.4 is 5.32 Å². The number of halogens is 4. The molecule has 6 nitrogen and oxygen atoms in total. The zero-order valence-electron chi connectivity index (χ0n) is 12.7. The first-order valence-electron chi connectivity index (χ1n) is 6.76. The Hall–Kier alpha value is -2.03. The van der Waals surface area contributed by atoms with Crippen molar-refractivity contribution in [2.24, 2.45) is 7.05 Å². The van der Waals surface area contributed by atoms with E-state index in [2.05, 4.69) is 15.5 Å². The minimum atomic E-state index is -4.68. The van der Waals surface area contributed by atoms with E-state index in [1.165, 1.54) is 0 Å². The number of amides is 1. The number of carbonyl (C=O) groups is 1. The van der Waals surface area contributed by atoms with Crippen LogP contribution in [0.5, 0.6) is 0 Å². The van der Waals surface area contributed by atoms with Crippen LogP contribution in [0.25, 0.3) is 0 Å². The van der Waals surface area contributed by atoms with Gasteiger partial charge in [0.2, 0.25) is 0 Å². The van der Waals surface area contributed by atoms with Crippen molar-refractivity contribution in [1.82, 2.24) is 24.9 Å². The summed E-state index contributed by atoms with van der Waals surface area (Å²) in [5.74, 6) is -0.773. The Kier molecular flexibility index (Phi) is 4.69. The largest absolute Gasteiger partial charge is 0.434 e. The van der Waals surface area contributed by atoms with Gasteiger partial charge in [0, 0.05) is 31.4 Å². The molecule has 0 bridgehead atoms. The topological polar surface area (TPSA) is 64.7 Å². The molecule has 0 spiro atoms. The summed E-state index contributed by atoms with van der Waals surface area (Å²) in [6, 6.07) is 0. The normalized spacial score (nSPS) is 11.8. The first-order valence-corrected chi connectivity index (χ1v) is 7.13. The molecule has 0 saturated heterocycles. The lowest BCUT2D eigenvalue weighted by molar-refractivity contribution is -0.143. The predicted molar refractivity (Wildman–Crippen MR) is 77.0 cm³/mol. The molecule has 0 aliphatic carbocycles. The minimum Gasteiger partial charge on any atom is -0.346 e. The molecular weight excluding hydrogens is 335 g/mol. The van der Waals surface area contributed by atoms with E-state index in [0.717, 1.165) is 18.3 Å². The molecule has 0 aliphatic heterocycles. The van der Waals surface area contributed by atoms with E-state index < -0.39 is 28.5 Å². The Morgan fingerprint density at radius 1 is 1.43 bits per heavy atom. The fourth-order valence-corrected chi connectivity index (χ4v) is 2.54. The average Bonchev–Trinajstić information content (AvgIpc) is 2.95. The summed E-state index contributed by atoms with van der Waals surface area (Å²) in [5, 5.41) is 9.48. The van der Waals surface area contributed by atoms with Crippen molar-refractivity contribution < 1.29 is 18.0 Å². The van der Waals surface area contributed by atoms with Gasteiger partial charge in [-0.2, -0.15) is 23.4 Å². The molecule has 10 heteroatoms. The quantitative estimate of drug-likeness (QED) is 0.922. The van der Waals surface area contributed by atoms with Gasteiger partial charge in [-0.1, -0.05) is 11.6 Å². The van der Waals surface area contributed by atoms with Crippen LogP contribution >= 0.6 is 11.6 Å². The molecular formula is C13H15ClF3N5O. The predicted octanol–water partition coefficient (Wildman–Crippen LogP) is 2.55. The fourth-order valence-electron chi connectivity index (χ4n) is 2.19. The number of hydrogen-bond donors (Lipinski definition) is 1. The van der Waals surface area contributed by atoms with Crippen molar-refractivity contribution in [3.8, 4) is 0 Å². The van der Waals surface area contributed by atoms with Crippen LogP contribution in [0.15, 0.2) is 6.20 Å². The summed E-state index contributed by atoms with van der Waals surface area (Å²) < 4.78 is 40.8. The van der Waals surface area contributed by atoms with Gasteiger partial charge in [-0.3, -0.25) is 14.2 Å². The number of aromatic nitrogens is 4. The van der Waals surface area contributed by atoms with Crippen LogP contribution in [0.4, 0.5) is 13.2 Å². The summed E-state index contributed by atoms with van der Waals surface area (Å²) in [6.45, 7) is 4.57. The number of nitrogens with zero attached hydrogens (tertiary/aromatic N) is 4. The third-order valence-electron chi connectivity index (χ3n) is 3.42. The monoisotopic (exact) mass is 349 g/mol. The summed E-state index contributed by atoms with van der Waals surface area (Å²) in [5.41, 5.74) is 0.0283. The van der Waals surface area contributed by atoms with Gasteiger partial charge < -0.3 is 5.32 Å². The molecule has 0 aliphatic rings. The second-order valence-corrected chi connectivity index (χ2v) is 5.26. The second-order valence-electron chi connectivity index (χ2n) is 4.89. The molecule has 2 aromatic rings. The first-order chi connectivity index (χ1) is 10.7. The van der Waals surface area contributed by atoms with Gasteiger partial charge in [0.25, 0.3) is 5.91 Å². The van der Waals surface area contributed by atoms with Gasteiger partial charge >= 0.3 is 6.18 Å². The van der Waals surface area contributed by atoms with Crippen LogP contribution in [0.1, 0.15) is 34.4 Å². The Bertz CT molecular complexity index is 735. The molecule has 1 amide bonds. The number of hydrogen-bond acceptors (Lipinski definition) is 3. The lowest BCUT2D eigenvalue weighted by Crippen LogP contribution is -2.24. The number of aryl methyl sites for hydroxylation is 2. The highest BCUT2D eigenvalue weighted by molar-refractivity contribution is 6.34. The molecule has 0 radical (unpaired) electrons. The third-order valence-corrected chi connectivity index (χ3v) is 3.77. The SMILES string of the molecule is CCn1ncc(CNC(=O)c2nn(C)c(C(F)(F)F)c2Cl)c1C. The maximum Gasteiger partial charge on any atom is 0.434 e. The van der Waals surface area contributed by atoms with E-state index in [1.807, 2.05) is 13.8 Å². The molecule has 2 heterocycles. The van der Waals surface area contributed by atoms with E-state index in [4.69, 9.17) is 11.6 Å². The molecule has 0 atom stereocenters. The highest BCUT2D eigenvalue weighted by atomic mass is 35.5. The number of alkyl halides is 3. The Morgan fingerprint density at radius 3 is 2.57 bits per heavy atom. The van der Waals surface area contributed by atoms with Gasteiger partial charge in [0.15, 0.2) is 11.4 Å². The van der Waals surface area contributed by atoms with Crippen molar-refractivity contribution in [1.29, 1.82) is 0 Å². The summed E-state index contributed by atoms with van der Waals surface area (Å²) in [7, 11) is 1.08. The lowest BCUT2D eigenvalue weighted by Gasteiger charge is -2.06. The van der Waals surface area contributed by atoms with Crippen LogP contribution in [0.3, 0.4) is 0 Å². The molecule has 126 valence electrons. The fraction of sp³-hybridized carbons (Fsp3) is 0.462. The van der Waals surface area contributed by atoms with Crippen molar-refractivity contribution in [2.45, 2.75) is 33.1 Å². The molecule has 2 rings (SSSR count). The molecule has 0 fully saturated rings. The minimum absolute atomic E-state index is 0.124. The van der Waals surface area contributed by atoms with E-state index in [0.29, 0.717) is 11.2 Å². The van der Waals surface area contributed by atoms with Crippen LogP contribution in [-0.4, -0.2) is 25.5 Å². The summed E-state index contributed by atoms with van der Waals surface area (Å²) >= 11 is 5.67. The highest BCUT2D eigenvalue weighted by Gasteiger charge is 2.39. The van der Waals surface area contributed by atoms with Crippen molar-refractivity contribution in [3.63, 3.8) is 0 Å². The van der Waals surface area contributed by atoms with Gasteiger partial charge in [-0.05, 0) is 13.8 Å². The first kappa shape index (κ1) is 17.3. The summed E-state index contributed by atoms with van der Waals surface area (Å²) in [4.78, 5) is 12.1. The van der Waals surface area contributed by atoms with Crippen molar-refractivity contribution >= 4 is 17.5 Å². The molecule has 0 aromatic carbocycles. The van der Waals surface area contributed by atoms with Crippen LogP contribution in [0.2, 0.25) is 5.02 Å². The summed E-state index contributed by atoms with van der Waals surface area (Å²) in [6.07, 6.45) is -3.09. The van der Waals surface area contributed by atoms with Gasteiger partial charge in [-0.15, -0.1) is 0 Å². The Morgan fingerprint density at radius 2 is 2.09 bits per heavy atom. The lowest BCUT2D eigenvalue weighted by atomic mass is 10.2. The molecule has 0 saturated carbocycles. The van der Waals surface area contributed by atoms with E-state index in [1.54, 1.807) is 10.9 Å². The van der Waals surface area contributed by atoms with Crippen LogP contribution in [-0.2, 0) is 26.3 Å². The van der Waals surface area contributed by atoms with Crippen molar-refractivity contribution in [2.75, 3.05) is 0 Å². The van der Waals surface area contributed by atoms with Crippen molar-refractivity contribution in [3.05, 3.63) is 33.9 Å². The van der Waals surface area contributed by atoms with E-state index in [-0.39, 0.29) is 6.54 Å². The van der Waals surface area contributed by atoms with Gasteiger partial charge in [0.1, 0.15) is 5.02 Å².